The van der Waals surface area contributed by atoms with Gasteiger partial charge in [0.1, 0.15) is 12.9 Å². The van der Waals surface area contributed by atoms with Crippen molar-refractivity contribution < 1.29 is 4.79 Å². The molecule has 0 aliphatic rings. The summed E-state index contributed by atoms with van der Waals surface area (Å²) >= 11 is 0. The Morgan fingerprint density at radius 1 is 1.37 bits per heavy atom. The van der Waals surface area contributed by atoms with E-state index in [4.69, 9.17) is 0 Å². The van der Waals surface area contributed by atoms with Crippen LogP contribution in [0.2, 0.25) is 0 Å². The van der Waals surface area contributed by atoms with Crippen molar-refractivity contribution in [1.29, 1.82) is 0 Å². The van der Waals surface area contributed by atoms with Crippen LogP contribution >= 0.6 is 0 Å². The van der Waals surface area contributed by atoms with Crippen molar-refractivity contribution in [1.82, 2.24) is 25.5 Å². The molecule has 2 rings (SSSR count). The maximum atomic E-state index is 11.6. The van der Waals surface area contributed by atoms with Crippen LogP contribution in [0, 0.1) is 0 Å². The van der Waals surface area contributed by atoms with Gasteiger partial charge in [0.15, 0.2) is 0 Å². The Morgan fingerprint density at radius 3 is 2.84 bits per heavy atom. The number of amides is 1. The monoisotopic (exact) mass is 259 g/mol. The van der Waals surface area contributed by atoms with Crippen LogP contribution in [0.3, 0.4) is 0 Å². The zero-order valence-corrected chi connectivity index (χ0v) is 10.9. The van der Waals surface area contributed by atoms with Gasteiger partial charge in [-0.05, 0) is 28.3 Å². The van der Waals surface area contributed by atoms with Gasteiger partial charge in [-0.15, -0.1) is 5.10 Å². The van der Waals surface area contributed by atoms with E-state index in [-0.39, 0.29) is 12.5 Å². The molecule has 100 valence electrons. The largest absolute Gasteiger partial charge is 0.354 e. The van der Waals surface area contributed by atoms with E-state index in [1.807, 2.05) is 18.2 Å². The highest BCUT2D eigenvalue weighted by atomic mass is 16.2. The minimum Gasteiger partial charge on any atom is -0.354 e. The zero-order valence-electron chi connectivity index (χ0n) is 10.9. The molecule has 19 heavy (non-hydrogen) atoms. The molecule has 1 aromatic heterocycles. The molecular weight excluding hydrogens is 242 g/mol. The molecule has 1 aromatic carbocycles. The van der Waals surface area contributed by atoms with Crippen LogP contribution in [0.25, 0.3) is 0 Å². The van der Waals surface area contributed by atoms with Crippen LogP contribution in [0.5, 0.6) is 0 Å². The van der Waals surface area contributed by atoms with Gasteiger partial charge in [0, 0.05) is 6.54 Å². The Morgan fingerprint density at radius 2 is 2.16 bits per heavy atom. The van der Waals surface area contributed by atoms with Gasteiger partial charge >= 0.3 is 0 Å². The van der Waals surface area contributed by atoms with E-state index in [2.05, 4.69) is 39.9 Å². The summed E-state index contributed by atoms with van der Waals surface area (Å²) in [4.78, 5) is 11.6. The lowest BCUT2D eigenvalue weighted by molar-refractivity contribution is -0.121. The van der Waals surface area contributed by atoms with Crippen molar-refractivity contribution in [2.45, 2.75) is 25.8 Å². The molecule has 1 amide bonds. The standard InChI is InChI=1S/C13H17N5O/c1-11(12-5-3-2-4-6-12)7-8-14-13(19)9-18-10-15-16-17-18/h2-6,10-11H,7-9H2,1H3,(H,14,19)/t11-/m1/s1. The lowest BCUT2D eigenvalue weighted by Gasteiger charge is -2.12. The number of hydrogen-bond acceptors (Lipinski definition) is 4. The Bertz CT molecular complexity index is 497. The van der Waals surface area contributed by atoms with Crippen LogP contribution in [-0.4, -0.2) is 32.7 Å². The summed E-state index contributed by atoms with van der Waals surface area (Å²) in [5.74, 6) is 0.349. The van der Waals surface area contributed by atoms with Gasteiger partial charge in [-0.3, -0.25) is 4.79 Å². The summed E-state index contributed by atoms with van der Waals surface area (Å²) in [6.07, 6.45) is 2.33. The molecule has 0 unspecified atom stereocenters. The summed E-state index contributed by atoms with van der Waals surface area (Å²) in [6, 6.07) is 10.3. The molecule has 0 aliphatic heterocycles. The number of nitrogens with zero attached hydrogens (tertiary/aromatic N) is 4. The second kappa shape index (κ2) is 6.63. The first-order chi connectivity index (χ1) is 9.25. The number of carbonyl (C=O) groups excluding carboxylic acids is 1. The topological polar surface area (TPSA) is 72.7 Å². The summed E-state index contributed by atoms with van der Waals surface area (Å²) in [5.41, 5.74) is 1.29. The third-order valence-electron chi connectivity index (χ3n) is 2.97. The summed E-state index contributed by atoms with van der Waals surface area (Å²) in [7, 11) is 0. The van der Waals surface area contributed by atoms with E-state index in [1.54, 1.807) is 0 Å². The highest BCUT2D eigenvalue weighted by molar-refractivity contribution is 5.75. The van der Waals surface area contributed by atoms with E-state index >= 15 is 0 Å². The lowest BCUT2D eigenvalue weighted by Crippen LogP contribution is -2.29. The minimum atomic E-state index is -0.0763. The molecule has 0 fully saturated rings. The van der Waals surface area contributed by atoms with E-state index in [1.165, 1.54) is 16.6 Å². The average Bonchev–Trinajstić information content (AvgIpc) is 2.92. The third-order valence-corrected chi connectivity index (χ3v) is 2.97. The number of nitrogens with one attached hydrogen (secondary N) is 1. The number of hydrogen-bond donors (Lipinski definition) is 1. The van der Waals surface area contributed by atoms with Crippen molar-refractivity contribution in [3.63, 3.8) is 0 Å². The van der Waals surface area contributed by atoms with Crippen molar-refractivity contribution >= 4 is 5.91 Å². The first kappa shape index (κ1) is 13.2. The fourth-order valence-corrected chi connectivity index (χ4v) is 1.83. The molecule has 1 N–H and O–H groups in total. The second-order valence-corrected chi connectivity index (χ2v) is 4.46. The Hall–Kier alpha value is -2.24. The Kier molecular flexibility index (Phi) is 4.60. The Balaban J connectivity index is 1.70. The maximum Gasteiger partial charge on any atom is 0.241 e. The van der Waals surface area contributed by atoms with E-state index in [9.17, 15) is 4.79 Å². The first-order valence-electron chi connectivity index (χ1n) is 6.28. The summed E-state index contributed by atoms with van der Waals surface area (Å²) in [5, 5.41) is 13.5. The highest BCUT2D eigenvalue weighted by Crippen LogP contribution is 2.17. The van der Waals surface area contributed by atoms with Crippen LogP contribution < -0.4 is 5.32 Å². The smallest absolute Gasteiger partial charge is 0.241 e. The first-order valence-corrected chi connectivity index (χ1v) is 6.28. The number of tetrazole rings is 1. The Labute approximate surface area is 111 Å². The molecule has 1 heterocycles. The fraction of sp³-hybridized carbons (Fsp3) is 0.385. The maximum absolute atomic E-state index is 11.6. The van der Waals surface area contributed by atoms with E-state index in [0.29, 0.717) is 12.5 Å². The molecule has 0 spiro atoms. The number of carbonyl (C=O) groups is 1. The zero-order chi connectivity index (χ0) is 13.5. The SMILES string of the molecule is C[C@H](CCNC(=O)Cn1cnnn1)c1ccccc1. The predicted molar refractivity (Wildman–Crippen MR) is 70.3 cm³/mol. The van der Waals surface area contributed by atoms with Gasteiger partial charge in [0.2, 0.25) is 5.91 Å². The molecule has 6 nitrogen and oxygen atoms in total. The number of benzene rings is 1. The van der Waals surface area contributed by atoms with E-state index < -0.39 is 0 Å². The van der Waals surface area contributed by atoms with Crippen LogP contribution in [-0.2, 0) is 11.3 Å². The van der Waals surface area contributed by atoms with Crippen LogP contribution in [0.1, 0.15) is 24.8 Å². The molecule has 6 heteroatoms. The molecule has 1 atom stereocenters. The normalized spacial score (nSPS) is 12.1. The van der Waals surface area contributed by atoms with E-state index in [0.717, 1.165) is 6.42 Å². The third kappa shape index (κ3) is 4.17. The van der Waals surface area contributed by atoms with Gasteiger partial charge in [-0.25, -0.2) is 4.68 Å². The van der Waals surface area contributed by atoms with Crippen LogP contribution in [0.15, 0.2) is 36.7 Å². The molecule has 0 bridgehead atoms. The second-order valence-electron chi connectivity index (χ2n) is 4.46. The lowest BCUT2D eigenvalue weighted by atomic mass is 9.98. The fourth-order valence-electron chi connectivity index (χ4n) is 1.83. The van der Waals surface area contributed by atoms with Crippen molar-refractivity contribution in [2.24, 2.45) is 0 Å². The van der Waals surface area contributed by atoms with Gasteiger partial charge in [-0.2, -0.15) is 0 Å². The molecule has 0 saturated carbocycles. The van der Waals surface area contributed by atoms with Crippen molar-refractivity contribution in [2.75, 3.05) is 6.54 Å². The van der Waals surface area contributed by atoms with Crippen molar-refractivity contribution in [3.8, 4) is 0 Å². The van der Waals surface area contributed by atoms with Crippen LogP contribution in [0.4, 0.5) is 0 Å². The average molecular weight is 259 g/mol. The molecule has 0 radical (unpaired) electrons. The van der Waals surface area contributed by atoms with Crippen molar-refractivity contribution in [3.05, 3.63) is 42.2 Å². The van der Waals surface area contributed by atoms with Gasteiger partial charge < -0.3 is 5.32 Å². The number of aromatic nitrogens is 4. The molecular formula is C13H17N5O. The summed E-state index contributed by atoms with van der Waals surface area (Å²) < 4.78 is 1.40. The highest BCUT2D eigenvalue weighted by Gasteiger charge is 2.07. The number of rotatable bonds is 6. The molecule has 2 aromatic rings. The van der Waals surface area contributed by atoms with Gasteiger partial charge in [0.05, 0.1) is 0 Å². The van der Waals surface area contributed by atoms with Gasteiger partial charge in [-0.1, -0.05) is 37.3 Å². The minimum absolute atomic E-state index is 0.0763. The summed E-state index contributed by atoms with van der Waals surface area (Å²) in [6.45, 7) is 2.96. The quantitative estimate of drug-likeness (QED) is 0.839. The molecule has 0 aliphatic carbocycles. The molecule has 0 saturated heterocycles. The van der Waals surface area contributed by atoms with Gasteiger partial charge in [0.25, 0.3) is 0 Å². The predicted octanol–water partition coefficient (Wildman–Crippen LogP) is 0.983.